The molecule has 1 saturated carbocycles. The number of nitrogens with one attached hydrogen (secondary N) is 1. The summed E-state index contributed by atoms with van der Waals surface area (Å²) in [6, 6.07) is 6.83. The first-order valence-electron chi connectivity index (χ1n) is 6.85. The van der Waals surface area contributed by atoms with Gasteiger partial charge in [-0.05, 0) is 36.6 Å². The molecule has 1 N–H and O–H groups in total. The number of methoxy groups -OCH3 is 1. The molecule has 1 aromatic carbocycles. The molecule has 3 heteroatoms. The van der Waals surface area contributed by atoms with Crippen molar-refractivity contribution < 1.29 is 4.74 Å². The highest BCUT2D eigenvalue weighted by molar-refractivity contribution is 9.10. The second-order valence-electron chi connectivity index (χ2n) is 5.03. The van der Waals surface area contributed by atoms with Crippen molar-refractivity contribution in [2.75, 3.05) is 7.11 Å². The van der Waals surface area contributed by atoms with E-state index in [1.807, 2.05) is 6.07 Å². The van der Waals surface area contributed by atoms with Crippen LogP contribution in [0.4, 0.5) is 0 Å². The molecule has 1 aliphatic carbocycles. The van der Waals surface area contributed by atoms with Crippen molar-refractivity contribution in [2.24, 2.45) is 0 Å². The lowest BCUT2D eigenvalue weighted by Crippen LogP contribution is -2.28. The summed E-state index contributed by atoms with van der Waals surface area (Å²) < 4.78 is 6.43. The highest BCUT2D eigenvalue weighted by Gasteiger charge is 2.12. The van der Waals surface area contributed by atoms with Crippen LogP contribution in [0.2, 0.25) is 0 Å². The van der Waals surface area contributed by atoms with Crippen LogP contribution in [0, 0.1) is 0 Å². The van der Waals surface area contributed by atoms with Crippen LogP contribution in [-0.4, -0.2) is 13.2 Å². The molecule has 0 radical (unpaired) electrons. The van der Waals surface area contributed by atoms with Crippen molar-refractivity contribution in [3.8, 4) is 5.75 Å². The minimum atomic E-state index is 0.686. The lowest BCUT2D eigenvalue weighted by atomic mass is 10.1. The smallest absolute Gasteiger partial charge is 0.119 e. The summed E-state index contributed by atoms with van der Waals surface area (Å²) in [7, 11) is 1.71. The average Bonchev–Trinajstić information content (AvgIpc) is 2.66. The third-order valence-electron chi connectivity index (χ3n) is 3.69. The Balaban J connectivity index is 1.92. The van der Waals surface area contributed by atoms with E-state index in [0.29, 0.717) is 6.04 Å². The predicted molar refractivity (Wildman–Crippen MR) is 79.0 cm³/mol. The van der Waals surface area contributed by atoms with Crippen LogP contribution in [0.25, 0.3) is 0 Å². The predicted octanol–water partition coefficient (Wildman–Crippen LogP) is 4.27. The van der Waals surface area contributed by atoms with Crippen molar-refractivity contribution in [1.82, 2.24) is 5.32 Å². The topological polar surface area (TPSA) is 21.3 Å². The van der Waals surface area contributed by atoms with Crippen molar-refractivity contribution in [1.29, 1.82) is 0 Å². The summed E-state index contributed by atoms with van der Waals surface area (Å²) in [6.45, 7) is 0.919. The Kier molecular flexibility index (Phi) is 5.51. The molecule has 1 aromatic rings. The van der Waals surface area contributed by atoms with Crippen LogP contribution in [0.5, 0.6) is 5.75 Å². The van der Waals surface area contributed by atoms with Crippen molar-refractivity contribution in [3.63, 3.8) is 0 Å². The number of hydrogen-bond acceptors (Lipinski definition) is 2. The highest BCUT2D eigenvalue weighted by Crippen LogP contribution is 2.23. The maximum atomic E-state index is 5.27. The quantitative estimate of drug-likeness (QED) is 0.838. The van der Waals surface area contributed by atoms with Gasteiger partial charge < -0.3 is 10.1 Å². The number of hydrogen-bond donors (Lipinski definition) is 1. The molecule has 0 unspecified atom stereocenters. The van der Waals surface area contributed by atoms with E-state index in [9.17, 15) is 0 Å². The zero-order valence-electron chi connectivity index (χ0n) is 11.0. The van der Waals surface area contributed by atoms with E-state index >= 15 is 0 Å². The van der Waals surface area contributed by atoms with E-state index in [0.717, 1.165) is 16.8 Å². The van der Waals surface area contributed by atoms with E-state index < -0.39 is 0 Å². The molecule has 0 aromatic heterocycles. The third kappa shape index (κ3) is 3.99. The molecule has 2 rings (SSSR count). The molecule has 0 heterocycles. The van der Waals surface area contributed by atoms with Crippen molar-refractivity contribution in [3.05, 3.63) is 28.2 Å². The maximum absolute atomic E-state index is 5.27. The normalized spacial score (nSPS) is 17.4. The van der Waals surface area contributed by atoms with E-state index in [1.54, 1.807) is 7.11 Å². The van der Waals surface area contributed by atoms with Gasteiger partial charge in [-0.3, -0.25) is 0 Å². The summed E-state index contributed by atoms with van der Waals surface area (Å²) in [5.41, 5.74) is 1.28. The van der Waals surface area contributed by atoms with Gasteiger partial charge in [-0.15, -0.1) is 0 Å². The van der Waals surface area contributed by atoms with Crippen molar-refractivity contribution >= 4 is 15.9 Å². The third-order valence-corrected chi connectivity index (χ3v) is 4.46. The van der Waals surface area contributed by atoms with Gasteiger partial charge in [0.15, 0.2) is 0 Å². The molecular weight excluding hydrogens is 290 g/mol. The van der Waals surface area contributed by atoms with Crippen LogP contribution in [0.3, 0.4) is 0 Å². The molecule has 18 heavy (non-hydrogen) atoms. The average molecular weight is 312 g/mol. The van der Waals surface area contributed by atoms with Gasteiger partial charge >= 0.3 is 0 Å². The monoisotopic (exact) mass is 311 g/mol. The minimum absolute atomic E-state index is 0.686. The molecule has 0 bridgehead atoms. The molecule has 0 aliphatic heterocycles. The second kappa shape index (κ2) is 7.15. The fourth-order valence-electron chi connectivity index (χ4n) is 2.55. The fourth-order valence-corrected chi connectivity index (χ4v) is 2.94. The van der Waals surface area contributed by atoms with E-state index in [1.165, 1.54) is 44.1 Å². The fraction of sp³-hybridized carbons (Fsp3) is 0.600. The highest BCUT2D eigenvalue weighted by atomic mass is 79.9. The first-order chi connectivity index (χ1) is 8.79. The number of rotatable bonds is 4. The number of benzene rings is 1. The molecule has 1 fully saturated rings. The van der Waals surface area contributed by atoms with Gasteiger partial charge in [-0.2, -0.15) is 0 Å². The SMILES string of the molecule is COc1ccc(Br)c(CNC2CCCCCC2)c1. The summed E-state index contributed by atoms with van der Waals surface area (Å²) in [4.78, 5) is 0. The Hall–Kier alpha value is -0.540. The first kappa shape index (κ1) is 13.9. The van der Waals surface area contributed by atoms with Crippen LogP contribution in [0.1, 0.15) is 44.1 Å². The summed E-state index contributed by atoms with van der Waals surface area (Å²) in [5, 5.41) is 3.68. The van der Waals surface area contributed by atoms with Gasteiger partial charge in [-0.1, -0.05) is 41.6 Å². The van der Waals surface area contributed by atoms with Crippen LogP contribution in [0.15, 0.2) is 22.7 Å². The Bertz CT molecular complexity index is 373. The zero-order valence-corrected chi connectivity index (χ0v) is 12.6. The summed E-state index contributed by atoms with van der Waals surface area (Å²) >= 11 is 3.60. The number of halogens is 1. The Morgan fingerprint density at radius 2 is 1.94 bits per heavy atom. The Morgan fingerprint density at radius 3 is 2.61 bits per heavy atom. The summed E-state index contributed by atoms with van der Waals surface area (Å²) in [5.74, 6) is 0.927. The maximum Gasteiger partial charge on any atom is 0.119 e. The molecule has 0 spiro atoms. The zero-order chi connectivity index (χ0) is 12.8. The molecule has 2 nitrogen and oxygen atoms in total. The first-order valence-corrected chi connectivity index (χ1v) is 7.64. The molecule has 100 valence electrons. The van der Waals surface area contributed by atoms with Crippen LogP contribution < -0.4 is 10.1 Å². The Morgan fingerprint density at radius 1 is 1.22 bits per heavy atom. The van der Waals surface area contributed by atoms with Gasteiger partial charge in [0.1, 0.15) is 5.75 Å². The standard InChI is InChI=1S/C15H22BrNO/c1-18-14-8-9-15(16)12(10-14)11-17-13-6-4-2-3-5-7-13/h8-10,13,17H,2-7,11H2,1H3. The molecule has 1 aliphatic rings. The van der Waals surface area contributed by atoms with Gasteiger partial charge in [-0.25, -0.2) is 0 Å². The van der Waals surface area contributed by atoms with Crippen LogP contribution >= 0.6 is 15.9 Å². The minimum Gasteiger partial charge on any atom is -0.497 e. The van der Waals surface area contributed by atoms with Gasteiger partial charge in [0.25, 0.3) is 0 Å². The lowest BCUT2D eigenvalue weighted by molar-refractivity contribution is 0.413. The number of ether oxygens (including phenoxy) is 1. The van der Waals surface area contributed by atoms with Gasteiger partial charge in [0.2, 0.25) is 0 Å². The second-order valence-corrected chi connectivity index (χ2v) is 5.88. The molecule has 0 amide bonds. The molecule has 0 saturated heterocycles. The van der Waals surface area contributed by atoms with Crippen molar-refractivity contribution in [2.45, 2.75) is 51.1 Å². The van der Waals surface area contributed by atoms with E-state index in [4.69, 9.17) is 4.74 Å². The van der Waals surface area contributed by atoms with Gasteiger partial charge in [0.05, 0.1) is 7.11 Å². The summed E-state index contributed by atoms with van der Waals surface area (Å²) in [6.07, 6.45) is 8.19. The van der Waals surface area contributed by atoms with E-state index in [-0.39, 0.29) is 0 Å². The van der Waals surface area contributed by atoms with Gasteiger partial charge in [0, 0.05) is 17.1 Å². The molecule has 0 atom stereocenters. The Labute approximate surface area is 118 Å². The van der Waals surface area contributed by atoms with E-state index in [2.05, 4.69) is 33.4 Å². The molecular formula is C15H22BrNO. The largest absolute Gasteiger partial charge is 0.497 e. The lowest BCUT2D eigenvalue weighted by Gasteiger charge is -2.17. The van der Waals surface area contributed by atoms with Crippen LogP contribution in [-0.2, 0) is 6.54 Å².